The van der Waals surface area contributed by atoms with Crippen molar-refractivity contribution in [1.29, 1.82) is 0 Å². The van der Waals surface area contributed by atoms with E-state index in [1.165, 1.54) is 0 Å². The fourth-order valence-electron chi connectivity index (χ4n) is 4.84. The molecule has 1 heterocycles. The second-order valence-electron chi connectivity index (χ2n) is 7.58. The molecule has 1 saturated heterocycles. The molecule has 3 nitrogen and oxygen atoms in total. The maximum absolute atomic E-state index is 13.7. The summed E-state index contributed by atoms with van der Waals surface area (Å²) in [4.78, 5) is 26.9. The molecule has 3 aliphatic rings. The predicted octanol–water partition coefficient (Wildman–Crippen LogP) is 4.75. The van der Waals surface area contributed by atoms with Gasteiger partial charge >= 0.3 is 0 Å². The lowest BCUT2D eigenvalue weighted by atomic mass is 9.67. The Morgan fingerprint density at radius 1 is 0.621 bits per heavy atom. The largest absolute Gasteiger partial charge is 0.342 e. The molecule has 1 aliphatic heterocycles. The molecule has 2 unspecified atom stereocenters. The second kappa shape index (κ2) is 5.49. The lowest BCUT2D eigenvalue weighted by molar-refractivity contribution is 0.0961. The molecule has 3 aromatic rings. The fourth-order valence-corrected chi connectivity index (χ4v) is 4.84. The number of Topliss-reactive ketones (excluding diaryl/α,β-unsaturated/α-hetero) is 2. The summed E-state index contributed by atoms with van der Waals surface area (Å²) >= 11 is 0. The monoisotopic (exact) mass is 376 g/mol. The number of allylic oxidation sites excluding steroid dienone is 2. The minimum absolute atomic E-state index is 0.126. The van der Waals surface area contributed by atoms with Crippen LogP contribution in [0.5, 0.6) is 0 Å². The van der Waals surface area contributed by atoms with E-state index in [9.17, 15) is 9.59 Å². The third-order valence-electron chi connectivity index (χ3n) is 6.17. The van der Waals surface area contributed by atoms with E-state index in [4.69, 9.17) is 4.74 Å². The molecule has 0 spiro atoms. The predicted molar refractivity (Wildman–Crippen MR) is 109 cm³/mol. The van der Waals surface area contributed by atoms with Crippen LogP contribution in [0.2, 0.25) is 0 Å². The van der Waals surface area contributed by atoms with Crippen molar-refractivity contribution in [3.05, 3.63) is 130 Å². The highest BCUT2D eigenvalue weighted by atomic mass is 16.6. The van der Waals surface area contributed by atoms with Gasteiger partial charge in [0.2, 0.25) is 0 Å². The van der Waals surface area contributed by atoms with Crippen molar-refractivity contribution in [1.82, 2.24) is 0 Å². The van der Waals surface area contributed by atoms with E-state index >= 15 is 0 Å². The van der Waals surface area contributed by atoms with Gasteiger partial charge in [0, 0.05) is 16.7 Å². The molecular weight excluding hydrogens is 360 g/mol. The molecular formula is C26H16O3. The van der Waals surface area contributed by atoms with Crippen LogP contribution in [0.3, 0.4) is 0 Å². The van der Waals surface area contributed by atoms with Crippen molar-refractivity contribution >= 4 is 11.6 Å². The molecule has 29 heavy (non-hydrogen) atoms. The normalized spacial score (nSPS) is 26.6. The number of epoxide rings is 1. The summed E-state index contributed by atoms with van der Waals surface area (Å²) in [7, 11) is 0. The standard InChI is InChI=1S/C26H16O3/c27-23-19-13-7-8-14-20(19)24(28)22-21(23)15-16-25(17-9-3-1-4-10-17)26(22,29-25)18-11-5-2-6-12-18/h1-16H. The molecule has 2 aliphatic carbocycles. The first-order valence-electron chi connectivity index (χ1n) is 9.63. The zero-order valence-electron chi connectivity index (χ0n) is 15.5. The molecule has 0 amide bonds. The first-order chi connectivity index (χ1) is 14.2. The van der Waals surface area contributed by atoms with Crippen LogP contribution in [0, 0.1) is 0 Å². The Hall–Kier alpha value is -3.56. The minimum atomic E-state index is -1.00. The molecule has 0 bridgehead atoms. The van der Waals surface area contributed by atoms with E-state index in [1.807, 2.05) is 66.7 Å². The van der Waals surface area contributed by atoms with Gasteiger partial charge in [-0.15, -0.1) is 0 Å². The van der Waals surface area contributed by atoms with Crippen molar-refractivity contribution < 1.29 is 14.3 Å². The quantitative estimate of drug-likeness (QED) is 0.606. The number of benzene rings is 3. The van der Waals surface area contributed by atoms with Crippen LogP contribution in [-0.4, -0.2) is 11.6 Å². The molecule has 0 saturated carbocycles. The summed E-state index contributed by atoms with van der Waals surface area (Å²) in [6, 6.07) is 26.6. The molecule has 3 heteroatoms. The summed E-state index contributed by atoms with van der Waals surface area (Å²) in [6.07, 6.45) is 3.71. The summed E-state index contributed by atoms with van der Waals surface area (Å²) in [5.41, 5.74) is 1.82. The summed E-state index contributed by atoms with van der Waals surface area (Å²) in [6.45, 7) is 0. The summed E-state index contributed by atoms with van der Waals surface area (Å²) < 4.78 is 6.51. The average molecular weight is 376 g/mol. The zero-order chi connectivity index (χ0) is 19.6. The third-order valence-corrected chi connectivity index (χ3v) is 6.17. The van der Waals surface area contributed by atoms with Gasteiger partial charge in [0.1, 0.15) is 0 Å². The van der Waals surface area contributed by atoms with E-state index in [-0.39, 0.29) is 11.6 Å². The Labute approximate surface area is 168 Å². The zero-order valence-corrected chi connectivity index (χ0v) is 15.5. The summed E-state index contributed by atoms with van der Waals surface area (Å²) in [5.74, 6) is -0.264. The van der Waals surface area contributed by atoms with Crippen LogP contribution in [0.15, 0.2) is 108 Å². The van der Waals surface area contributed by atoms with Gasteiger partial charge in [0.25, 0.3) is 0 Å². The first kappa shape index (κ1) is 16.4. The van der Waals surface area contributed by atoms with Gasteiger partial charge in [-0.25, -0.2) is 0 Å². The van der Waals surface area contributed by atoms with Crippen LogP contribution < -0.4 is 0 Å². The SMILES string of the molecule is O=C1C2=C(C(=O)c3ccccc31)C1(c3ccccc3)OC1(c1ccccc1)C=C2. The number of rotatable bonds is 2. The van der Waals surface area contributed by atoms with Crippen molar-refractivity contribution in [3.8, 4) is 0 Å². The van der Waals surface area contributed by atoms with Gasteiger partial charge in [-0.05, 0) is 17.2 Å². The van der Waals surface area contributed by atoms with Gasteiger partial charge in [-0.1, -0.05) is 91.0 Å². The molecule has 6 rings (SSSR count). The Kier molecular flexibility index (Phi) is 3.11. The van der Waals surface area contributed by atoms with E-state index in [0.29, 0.717) is 22.3 Å². The molecule has 0 N–H and O–H groups in total. The average Bonchev–Trinajstić information content (AvgIpc) is 3.50. The van der Waals surface area contributed by atoms with E-state index in [2.05, 4.69) is 0 Å². The fraction of sp³-hybridized carbons (Fsp3) is 0.0769. The smallest absolute Gasteiger partial charge is 0.194 e. The third kappa shape index (κ3) is 1.90. The lowest BCUT2D eigenvalue weighted by Crippen LogP contribution is -2.35. The van der Waals surface area contributed by atoms with Crippen LogP contribution in [-0.2, 0) is 15.9 Å². The van der Waals surface area contributed by atoms with Crippen LogP contribution in [0.1, 0.15) is 31.8 Å². The molecule has 1 fully saturated rings. The Balaban J connectivity index is 1.65. The molecule has 0 aromatic heterocycles. The van der Waals surface area contributed by atoms with Crippen molar-refractivity contribution in [2.24, 2.45) is 0 Å². The van der Waals surface area contributed by atoms with Crippen LogP contribution >= 0.6 is 0 Å². The van der Waals surface area contributed by atoms with Gasteiger partial charge in [0.15, 0.2) is 22.8 Å². The Morgan fingerprint density at radius 3 is 1.83 bits per heavy atom. The number of hydrogen-bond acceptors (Lipinski definition) is 3. The molecule has 2 atom stereocenters. The van der Waals surface area contributed by atoms with Gasteiger partial charge < -0.3 is 4.74 Å². The van der Waals surface area contributed by atoms with Gasteiger partial charge in [-0.3, -0.25) is 9.59 Å². The van der Waals surface area contributed by atoms with E-state index < -0.39 is 11.2 Å². The van der Waals surface area contributed by atoms with E-state index in [0.717, 1.165) is 11.1 Å². The number of hydrogen-bond donors (Lipinski definition) is 0. The Morgan fingerprint density at radius 2 is 1.17 bits per heavy atom. The molecule has 3 aromatic carbocycles. The minimum Gasteiger partial charge on any atom is -0.342 e. The highest BCUT2D eigenvalue weighted by Crippen LogP contribution is 2.69. The van der Waals surface area contributed by atoms with E-state index in [1.54, 1.807) is 30.3 Å². The Bertz CT molecular complexity index is 1250. The number of carbonyl (C=O) groups excluding carboxylic acids is 2. The number of carbonyl (C=O) groups is 2. The van der Waals surface area contributed by atoms with Crippen molar-refractivity contribution in [3.63, 3.8) is 0 Å². The lowest BCUT2D eigenvalue weighted by Gasteiger charge is -2.29. The highest BCUT2D eigenvalue weighted by molar-refractivity contribution is 6.29. The molecule has 0 radical (unpaired) electrons. The van der Waals surface area contributed by atoms with Crippen molar-refractivity contribution in [2.45, 2.75) is 11.2 Å². The topological polar surface area (TPSA) is 46.7 Å². The van der Waals surface area contributed by atoms with Crippen LogP contribution in [0.4, 0.5) is 0 Å². The molecule has 138 valence electrons. The van der Waals surface area contributed by atoms with Gasteiger partial charge in [-0.2, -0.15) is 0 Å². The highest BCUT2D eigenvalue weighted by Gasteiger charge is 2.75. The van der Waals surface area contributed by atoms with Gasteiger partial charge in [0.05, 0.1) is 5.57 Å². The maximum Gasteiger partial charge on any atom is 0.194 e. The summed E-state index contributed by atoms with van der Waals surface area (Å²) in [5, 5.41) is 0. The first-order valence-corrected chi connectivity index (χ1v) is 9.63. The van der Waals surface area contributed by atoms with Crippen molar-refractivity contribution in [2.75, 3.05) is 0 Å². The number of ketones is 2. The maximum atomic E-state index is 13.7. The number of fused-ring (bicyclic) bond motifs is 3. The van der Waals surface area contributed by atoms with Crippen LogP contribution in [0.25, 0.3) is 0 Å². The second-order valence-corrected chi connectivity index (χ2v) is 7.58. The number of ether oxygens (including phenoxy) is 1.